The highest BCUT2D eigenvalue weighted by molar-refractivity contribution is 6.08. The number of benzene rings is 2. The van der Waals surface area contributed by atoms with Crippen molar-refractivity contribution in [2.75, 3.05) is 10.6 Å². The third kappa shape index (κ3) is 4.47. The van der Waals surface area contributed by atoms with Crippen LogP contribution in [0.1, 0.15) is 16.1 Å². The Morgan fingerprint density at radius 2 is 1.64 bits per heavy atom. The second-order valence-electron chi connectivity index (χ2n) is 6.99. The van der Waals surface area contributed by atoms with E-state index in [4.69, 9.17) is 5.73 Å². The van der Waals surface area contributed by atoms with Crippen molar-refractivity contribution in [2.45, 2.75) is 6.18 Å². The van der Waals surface area contributed by atoms with Gasteiger partial charge in [0.25, 0.3) is 5.91 Å². The Bertz CT molecular complexity index is 1360. The summed E-state index contributed by atoms with van der Waals surface area (Å²) in [6.45, 7) is 0. The van der Waals surface area contributed by atoms with E-state index in [1.54, 1.807) is 30.5 Å². The molecule has 4 aromatic rings. The molecule has 0 saturated carbocycles. The number of aromatic nitrogens is 2. The van der Waals surface area contributed by atoms with Gasteiger partial charge in [-0.3, -0.25) is 9.78 Å². The van der Waals surface area contributed by atoms with Gasteiger partial charge in [-0.2, -0.15) is 13.2 Å². The van der Waals surface area contributed by atoms with E-state index in [-0.39, 0.29) is 11.4 Å². The summed E-state index contributed by atoms with van der Waals surface area (Å²) in [5.74, 6) is -2.10. The van der Waals surface area contributed by atoms with Crippen molar-refractivity contribution < 1.29 is 27.2 Å². The lowest BCUT2D eigenvalue weighted by Gasteiger charge is -2.12. The first kappa shape index (κ1) is 21.8. The second kappa shape index (κ2) is 8.26. The number of fused-ring (bicyclic) bond motifs is 1. The third-order valence-electron chi connectivity index (χ3n) is 4.76. The number of primary amides is 1. The molecule has 0 saturated heterocycles. The smallest absolute Gasteiger partial charge is 0.364 e. The van der Waals surface area contributed by atoms with E-state index in [1.165, 1.54) is 12.1 Å². The topological polar surface area (TPSA) is 113 Å². The van der Waals surface area contributed by atoms with Crippen LogP contribution in [-0.2, 0) is 6.18 Å². The number of urea groups is 1. The van der Waals surface area contributed by atoms with Gasteiger partial charge in [0, 0.05) is 23.1 Å². The molecule has 0 unspecified atom stereocenters. The molecule has 5 N–H and O–H groups in total. The summed E-state index contributed by atoms with van der Waals surface area (Å²) in [5.41, 5.74) is 6.54. The number of nitrogens with two attached hydrogens (primary N) is 1. The molecular formula is C22H15F4N5O2. The van der Waals surface area contributed by atoms with Crippen LogP contribution >= 0.6 is 0 Å². The van der Waals surface area contributed by atoms with Crippen molar-refractivity contribution in [1.29, 1.82) is 0 Å². The van der Waals surface area contributed by atoms with Crippen LogP contribution in [0.2, 0.25) is 0 Å². The van der Waals surface area contributed by atoms with Gasteiger partial charge in [0.15, 0.2) is 0 Å². The zero-order valence-electron chi connectivity index (χ0n) is 16.6. The first-order valence-electron chi connectivity index (χ1n) is 9.45. The van der Waals surface area contributed by atoms with Gasteiger partial charge >= 0.3 is 12.2 Å². The Labute approximate surface area is 183 Å². The lowest BCUT2D eigenvalue weighted by atomic mass is 10.0. The maximum absolute atomic E-state index is 13.4. The molecule has 0 fully saturated rings. The maximum atomic E-state index is 13.4. The number of pyridine rings is 1. The molecule has 4 rings (SSSR count). The molecule has 2 heterocycles. The highest BCUT2D eigenvalue weighted by Gasteiger charge is 2.34. The SMILES string of the molecule is NC(=O)c1[nH]c2cccnc2c1-c1ccc(NC(=O)Nc2ccc(F)c(C(F)(F)F)c2)cc1. The Morgan fingerprint density at radius 3 is 2.30 bits per heavy atom. The number of nitrogens with zero attached hydrogens (tertiary/aromatic N) is 1. The Hall–Kier alpha value is -4.41. The van der Waals surface area contributed by atoms with Crippen molar-refractivity contribution in [1.82, 2.24) is 9.97 Å². The number of amides is 3. The minimum atomic E-state index is -4.89. The van der Waals surface area contributed by atoms with Gasteiger partial charge in [-0.05, 0) is 48.0 Å². The average molecular weight is 457 g/mol. The third-order valence-corrected chi connectivity index (χ3v) is 4.76. The van der Waals surface area contributed by atoms with E-state index >= 15 is 0 Å². The molecule has 0 atom stereocenters. The Balaban J connectivity index is 1.54. The van der Waals surface area contributed by atoms with Gasteiger partial charge in [-0.15, -0.1) is 0 Å². The Kier molecular flexibility index (Phi) is 5.46. The van der Waals surface area contributed by atoms with Crippen LogP contribution in [0, 0.1) is 5.82 Å². The van der Waals surface area contributed by atoms with Gasteiger partial charge < -0.3 is 21.4 Å². The van der Waals surface area contributed by atoms with E-state index < -0.39 is 29.5 Å². The summed E-state index contributed by atoms with van der Waals surface area (Å²) < 4.78 is 51.9. The van der Waals surface area contributed by atoms with Crippen molar-refractivity contribution in [2.24, 2.45) is 5.73 Å². The summed E-state index contributed by atoms with van der Waals surface area (Å²) in [7, 11) is 0. The van der Waals surface area contributed by atoms with Crippen LogP contribution < -0.4 is 16.4 Å². The fourth-order valence-corrected chi connectivity index (χ4v) is 3.32. The molecule has 33 heavy (non-hydrogen) atoms. The summed E-state index contributed by atoms with van der Waals surface area (Å²) in [6, 6.07) is 11.1. The second-order valence-corrected chi connectivity index (χ2v) is 6.99. The number of aromatic amines is 1. The summed E-state index contributed by atoms with van der Waals surface area (Å²) in [4.78, 5) is 31.3. The quantitative estimate of drug-likeness (QED) is 0.319. The number of hydrogen-bond acceptors (Lipinski definition) is 3. The predicted octanol–water partition coefficient (Wildman–Crippen LogP) is 5.13. The fraction of sp³-hybridized carbons (Fsp3) is 0.0455. The molecule has 2 aromatic heterocycles. The minimum absolute atomic E-state index is 0.180. The normalized spacial score (nSPS) is 11.4. The highest BCUT2D eigenvalue weighted by atomic mass is 19.4. The van der Waals surface area contributed by atoms with Gasteiger partial charge in [-0.1, -0.05) is 12.1 Å². The van der Waals surface area contributed by atoms with Crippen LogP contribution in [0.25, 0.3) is 22.2 Å². The number of halogens is 4. The van der Waals surface area contributed by atoms with Gasteiger partial charge in [0.2, 0.25) is 0 Å². The van der Waals surface area contributed by atoms with E-state index in [9.17, 15) is 27.2 Å². The van der Waals surface area contributed by atoms with E-state index in [0.717, 1.165) is 6.07 Å². The number of carbonyl (C=O) groups is 2. The van der Waals surface area contributed by atoms with Crippen LogP contribution in [0.3, 0.4) is 0 Å². The van der Waals surface area contributed by atoms with Gasteiger partial charge in [-0.25, -0.2) is 9.18 Å². The lowest BCUT2D eigenvalue weighted by Crippen LogP contribution is -2.20. The van der Waals surface area contributed by atoms with Crippen molar-refractivity contribution in [3.8, 4) is 11.1 Å². The molecule has 0 aliphatic rings. The van der Waals surface area contributed by atoms with Crippen LogP contribution in [-0.4, -0.2) is 21.9 Å². The summed E-state index contributed by atoms with van der Waals surface area (Å²) >= 11 is 0. The molecular weight excluding hydrogens is 442 g/mol. The first-order valence-corrected chi connectivity index (χ1v) is 9.45. The number of alkyl halides is 3. The van der Waals surface area contributed by atoms with E-state index in [0.29, 0.717) is 40.0 Å². The number of rotatable bonds is 4. The van der Waals surface area contributed by atoms with E-state index in [1.807, 2.05) is 0 Å². The van der Waals surface area contributed by atoms with Crippen molar-refractivity contribution in [3.05, 3.63) is 77.9 Å². The molecule has 0 radical (unpaired) electrons. The molecule has 0 aliphatic heterocycles. The molecule has 0 spiro atoms. The molecule has 7 nitrogen and oxygen atoms in total. The average Bonchev–Trinajstić information content (AvgIpc) is 3.15. The molecule has 2 aromatic carbocycles. The summed E-state index contributed by atoms with van der Waals surface area (Å²) in [6.07, 6.45) is -3.32. The standard InChI is InChI=1S/C22H15F4N5O2/c23-15-8-7-13(10-14(15)22(24,25)26)30-21(33)29-12-5-3-11(4-6-12)17-18-16(2-1-9-28-18)31-19(17)20(27)32/h1-10,31H,(H2,27,32)(H2,29,30,33). The predicted molar refractivity (Wildman–Crippen MR) is 114 cm³/mol. The molecule has 0 aliphatic carbocycles. The number of anilines is 2. The zero-order valence-corrected chi connectivity index (χ0v) is 16.6. The molecule has 3 amide bonds. The van der Waals surface area contributed by atoms with Gasteiger partial charge in [0.05, 0.1) is 16.6 Å². The van der Waals surface area contributed by atoms with Crippen LogP contribution in [0.4, 0.5) is 33.7 Å². The van der Waals surface area contributed by atoms with E-state index in [2.05, 4.69) is 20.6 Å². The maximum Gasteiger partial charge on any atom is 0.419 e. The molecule has 0 bridgehead atoms. The van der Waals surface area contributed by atoms with Crippen molar-refractivity contribution >= 4 is 34.3 Å². The number of carbonyl (C=O) groups excluding carboxylic acids is 2. The number of nitrogens with one attached hydrogen (secondary N) is 3. The molecule has 11 heteroatoms. The van der Waals surface area contributed by atoms with Crippen LogP contribution in [0.5, 0.6) is 0 Å². The zero-order chi connectivity index (χ0) is 23.8. The monoisotopic (exact) mass is 457 g/mol. The van der Waals surface area contributed by atoms with Gasteiger partial charge in [0.1, 0.15) is 11.5 Å². The number of hydrogen-bond donors (Lipinski definition) is 4. The summed E-state index contributed by atoms with van der Waals surface area (Å²) in [5, 5.41) is 4.70. The fourth-order valence-electron chi connectivity index (χ4n) is 3.32. The minimum Gasteiger partial charge on any atom is -0.364 e. The highest BCUT2D eigenvalue weighted by Crippen LogP contribution is 2.33. The molecule has 168 valence electrons. The Morgan fingerprint density at radius 1 is 0.970 bits per heavy atom. The lowest BCUT2D eigenvalue weighted by molar-refractivity contribution is -0.139. The first-order chi connectivity index (χ1) is 15.6. The van der Waals surface area contributed by atoms with Crippen LogP contribution in [0.15, 0.2) is 60.8 Å². The largest absolute Gasteiger partial charge is 0.419 e. The number of H-pyrrole nitrogens is 1. The van der Waals surface area contributed by atoms with Crippen molar-refractivity contribution in [3.63, 3.8) is 0 Å².